The minimum atomic E-state index is -0.695. The van der Waals surface area contributed by atoms with Gasteiger partial charge in [-0.05, 0) is 26.2 Å². The van der Waals surface area contributed by atoms with E-state index in [0.717, 1.165) is 45.8 Å². The first kappa shape index (κ1) is 16.2. The van der Waals surface area contributed by atoms with E-state index in [0.29, 0.717) is 19.8 Å². The fourth-order valence-corrected chi connectivity index (χ4v) is 4.33. The third-order valence-corrected chi connectivity index (χ3v) is 5.64. The van der Waals surface area contributed by atoms with E-state index < -0.39 is 11.4 Å². The summed E-state index contributed by atoms with van der Waals surface area (Å²) in [6.07, 6.45) is 0.862. The van der Waals surface area contributed by atoms with Gasteiger partial charge in [-0.15, -0.1) is 0 Å². The van der Waals surface area contributed by atoms with Gasteiger partial charge in [0.05, 0.1) is 19.8 Å². The number of fused-ring (bicyclic) bond motifs is 1. The van der Waals surface area contributed by atoms with E-state index in [4.69, 9.17) is 9.47 Å². The quantitative estimate of drug-likeness (QED) is 0.817. The van der Waals surface area contributed by atoms with Crippen LogP contribution in [0.4, 0.5) is 0 Å². The van der Waals surface area contributed by atoms with Gasteiger partial charge in [-0.3, -0.25) is 14.6 Å². The molecule has 0 saturated carbocycles. The van der Waals surface area contributed by atoms with Gasteiger partial charge >= 0.3 is 5.97 Å². The topological polar surface area (TPSA) is 62.2 Å². The molecule has 3 aliphatic heterocycles. The molecule has 0 amide bonds. The Balaban J connectivity index is 1.67. The number of ether oxygens (including phenoxy) is 2. The minimum Gasteiger partial charge on any atom is -0.481 e. The van der Waals surface area contributed by atoms with Gasteiger partial charge in [-0.25, -0.2) is 0 Å². The van der Waals surface area contributed by atoms with E-state index in [-0.39, 0.29) is 11.5 Å². The third-order valence-electron chi connectivity index (χ3n) is 5.64. The molecule has 0 aliphatic carbocycles. The monoisotopic (exact) mass is 312 g/mol. The van der Waals surface area contributed by atoms with E-state index >= 15 is 0 Å². The molecular weight excluding hydrogens is 284 g/mol. The maximum Gasteiger partial charge on any atom is 0.313 e. The molecule has 0 unspecified atom stereocenters. The Hall–Kier alpha value is -0.690. The first-order valence-corrected chi connectivity index (χ1v) is 8.30. The normalized spacial score (nSPS) is 34.5. The zero-order chi connectivity index (χ0) is 15.8. The summed E-state index contributed by atoms with van der Waals surface area (Å²) in [6.45, 7) is 11.5. The average Bonchev–Trinajstić information content (AvgIpc) is 2.86. The largest absolute Gasteiger partial charge is 0.481 e. The molecule has 3 fully saturated rings. The lowest BCUT2D eigenvalue weighted by molar-refractivity contribution is -0.159. The first-order valence-electron chi connectivity index (χ1n) is 8.30. The van der Waals surface area contributed by atoms with Gasteiger partial charge in [-0.2, -0.15) is 0 Å². The molecule has 1 N–H and O–H groups in total. The number of likely N-dealkylation sites (tertiary alicyclic amines) is 1. The standard InChI is InChI=1S/C16H28N2O4/c1-15(2,18-4-7-21-8-5-18)10-17-9-13-3-6-22-12-16(13,11-17)14(19)20/h13H,3-12H2,1-2H3,(H,19,20)/t13-,16+/m0/s1. The van der Waals surface area contributed by atoms with Gasteiger partial charge in [-0.1, -0.05) is 0 Å². The predicted molar refractivity (Wildman–Crippen MR) is 81.9 cm³/mol. The summed E-state index contributed by atoms with van der Waals surface area (Å²) in [7, 11) is 0. The lowest BCUT2D eigenvalue weighted by Gasteiger charge is -2.43. The third kappa shape index (κ3) is 2.89. The number of hydrogen-bond donors (Lipinski definition) is 1. The van der Waals surface area contributed by atoms with Crippen molar-refractivity contribution < 1.29 is 19.4 Å². The van der Waals surface area contributed by atoms with Crippen LogP contribution in [0.5, 0.6) is 0 Å². The maximum absolute atomic E-state index is 11.8. The predicted octanol–water partition coefficient (Wildman–Crippen LogP) is 0.520. The fourth-order valence-electron chi connectivity index (χ4n) is 4.33. The Kier molecular flexibility index (Phi) is 4.47. The SMILES string of the molecule is CC(C)(CN1C[C@@H]2CCOC[C@]2(C(=O)O)C1)N1CCOCC1. The molecule has 22 heavy (non-hydrogen) atoms. The molecule has 0 aromatic heterocycles. The van der Waals surface area contributed by atoms with Crippen molar-refractivity contribution in [3.05, 3.63) is 0 Å². The summed E-state index contributed by atoms with van der Waals surface area (Å²) in [5.74, 6) is -0.469. The van der Waals surface area contributed by atoms with Crippen LogP contribution in [0.3, 0.4) is 0 Å². The molecule has 3 rings (SSSR count). The van der Waals surface area contributed by atoms with Gasteiger partial charge in [0.1, 0.15) is 5.41 Å². The Bertz CT molecular complexity index is 422. The van der Waals surface area contributed by atoms with Gasteiger partial charge in [0.15, 0.2) is 0 Å². The summed E-state index contributed by atoms with van der Waals surface area (Å²) < 4.78 is 10.9. The molecular formula is C16H28N2O4. The van der Waals surface area contributed by atoms with Crippen molar-refractivity contribution in [2.24, 2.45) is 11.3 Å². The van der Waals surface area contributed by atoms with Crippen LogP contribution in [0.15, 0.2) is 0 Å². The number of carboxylic acid groups (broad SMARTS) is 1. The Morgan fingerprint density at radius 1 is 1.27 bits per heavy atom. The van der Waals surface area contributed by atoms with Crippen molar-refractivity contribution in [1.29, 1.82) is 0 Å². The minimum absolute atomic E-state index is 0.0395. The molecule has 126 valence electrons. The molecule has 0 aromatic rings. The van der Waals surface area contributed by atoms with Crippen LogP contribution in [0.2, 0.25) is 0 Å². The van der Waals surface area contributed by atoms with Crippen LogP contribution in [0.1, 0.15) is 20.3 Å². The summed E-state index contributed by atoms with van der Waals surface area (Å²) in [5, 5.41) is 9.73. The van der Waals surface area contributed by atoms with Gasteiger partial charge in [0, 0.05) is 44.9 Å². The summed E-state index contributed by atoms with van der Waals surface area (Å²) in [5.41, 5.74) is -0.656. The van der Waals surface area contributed by atoms with Crippen LogP contribution >= 0.6 is 0 Å². The maximum atomic E-state index is 11.8. The van der Waals surface area contributed by atoms with E-state index in [1.807, 2.05) is 0 Å². The highest BCUT2D eigenvalue weighted by Crippen LogP contribution is 2.42. The Morgan fingerprint density at radius 2 is 2.00 bits per heavy atom. The van der Waals surface area contributed by atoms with Crippen molar-refractivity contribution in [2.45, 2.75) is 25.8 Å². The molecule has 0 spiro atoms. The van der Waals surface area contributed by atoms with Crippen molar-refractivity contribution in [3.63, 3.8) is 0 Å². The van der Waals surface area contributed by atoms with Crippen molar-refractivity contribution in [2.75, 3.05) is 59.2 Å². The van der Waals surface area contributed by atoms with E-state index in [9.17, 15) is 9.90 Å². The lowest BCUT2D eigenvalue weighted by Crippen LogP contribution is -2.55. The smallest absolute Gasteiger partial charge is 0.313 e. The first-order chi connectivity index (χ1) is 10.4. The van der Waals surface area contributed by atoms with Crippen molar-refractivity contribution >= 4 is 5.97 Å². The average molecular weight is 312 g/mol. The van der Waals surface area contributed by atoms with Crippen molar-refractivity contribution in [1.82, 2.24) is 9.80 Å². The Labute approximate surface area is 132 Å². The number of nitrogens with zero attached hydrogens (tertiary/aromatic N) is 2. The molecule has 3 aliphatic rings. The highest BCUT2D eigenvalue weighted by atomic mass is 16.5. The lowest BCUT2D eigenvalue weighted by atomic mass is 9.76. The van der Waals surface area contributed by atoms with Crippen LogP contribution in [-0.2, 0) is 14.3 Å². The van der Waals surface area contributed by atoms with Gasteiger partial charge in [0.2, 0.25) is 0 Å². The van der Waals surface area contributed by atoms with Crippen LogP contribution in [0.25, 0.3) is 0 Å². The number of aliphatic carboxylic acids is 1. The van der Waals surface area contributed by atoms with Crippen LogP contribution in [-0.4, -0.2) is 85.6 Å². The highest BCUT2D eigenvalue weighted by Gasteiger charge is 2.54. The fraction of sp³-hybridized carbons (Fsp3) is 0.938. The van der Waals surface area contributed by atoms with Crippen LogP contribution < -0.4 is 0 Å². The van der Waals surface area contributed by atoms with E-state index in [1.165, 1.54) is 0 Å². The molecule has 0 bridgehead atoms. The van der Waals surface area contributed by atoms with Crippen LogP contribution in [0, 0.1) is 11.3 Å². The molecule has 3 saturated heterocycles. The van der Waals surface area contributed by atoms with E-state index in [2.05, 4.69) is 23.6 Å². The van der Waals surface area contributed by atoms with Gasteiger partial charge in [0.25, 0.3) is 0 Å². The van der Waals surface area contributed by atoms with E-state index in [1.54, 1.807) is 0 Å². The number of hydrogen-bond acceptors (Lipinski definition) is 5. The second-order valence-corrected chi connectivity index (χ2v) is 7.58. The number of carbonyl (C=O) groups is 1. The zero-order valence-corrected chi connectivity index (χ0v) is 13.7. The van der Waals surface area contributed by atoms with Gasteiger partial charge < -0.3 is 14.6 Å². The second kappa shape index (κ2) is 6.07. The number of carboxylic acids is 1. The molecule has 3 heterocycles. The molecule has 0 aromatic carbocycles. The number of rotatable bonds is 4. The van der Waals surface area contributed by atoms with Crippen molar-refractivity contribution in [3.8, 4) is 0 Å². The summed E-state index contributed by atoms with van der Waals surface area (Å²) in [6, 6.07) is 0. The molecule has 0 radical (unpaired) electrons. The number of morpholine rings is 1. The molecule has 6 nitrogen and oxygen atoms in total. The summed E-state index contributed by atoms with van der Waals surface area (Å²) in [4.78, 5) is 16.6. The highest BCUT2D eigenvalue weighted by molar-refractivity contribution is 5.76. The summed E-state index contributed by atoms with van der Waals surface area (Å²) >= 11 is 0. The second-order valence-electron chi connectivity index (χ2n) is 7.58. The molecule has 6 heteroatoms. The molecule has 2 atom stereocenters. The zero-order valence-electron chi connectivity index (χ0n) is 13.7. The Morgan fingerprint density at radius 3 is 2.64 bits per heavy atom.